The van der Waals surface area contributed by atoms with Crippen LogP contribution in [-0.2, 0) is 0 Å². The topological polar surface area (TPSA) is 80.9 Å². The van der Waals surface area contributed by atoms with Crippen molar-refractivity contribution in [2.75, 3.05) is 5.32 Å². The fourth-order valence-electron chi connectivity index (χ4n) is 2.68. The molecular formula is C18H19ClN4O2S. The van der Waals surface area contributed by atoms with E-state index < -0.39 is 0 Å². The van der Waals surface area contributed by atoms with E-state index in [1.165, 1.54) is 11.3 Å². The minimum absolute atomic E-state index is 0.319. The van der Waals surface area contributed by atoms with Crippen LogP contribution in [0.15, 0.2) is 28.8 Å². The molecule has 0 aliphatic carbocycles. The number of anilines is 1. The summed E-state index contributed by atoms with van der Waals surface area (Å²) >= 11 is 7.63. The second kappa shape index (κ2) is 7.97. The molecule has 1 aromatic carbocycles. The zero-order valence-corrected chi connectivity index (χ0v) is 16.3. The molecule has 1 atom stereocenters. The number of aromatic nitrogens is 3. The van der Waals surface area contributed by atoms with Gasteiger partial charge in [-0.05, 0) is 19.4 Å². The predicted octanol–water partition coefficient (Wildman–Crippen LogP) is 5.31. The average molecular weight is 391 g/mol. The Hall–Kier alpha value is -2.25. The molecule has 1 N–H and O–H groups in total. The standard InChI is InChI=1S/C18H19ClN4O2S/c1-4-7-10(2)17-21-22-18(26-17)20-16(24)14-11(3)25-23-15(14)12-8-5-6-9-13(12)19/h5-6,8-10H,4,7H2,1-3H3,(H,20,22,24)/t10-/m1/s1. The lowest BCUT2D eigenvalue weighted by Crippen LogP contribution is -2.13. The molecule has 6 nitrogen and oxygen atoms in total. The first kappa shape index (κ1) is 18.5. The zero-order valence-electron chi connectivity index (χ0n) is 14.7. The third-order valence-electron chi connectivity index (χ3n) is 4.02. The van der Waals surface area contributed by atoms with Crippen LogP contribution < -0.4 is 5.32 Å². The van der Waals surface area contributed by atoms with Gasteiger partial charge in [0.25, 0.3) is 5.91 Å². The summed E-state index contributed by atoms with van der Waals surface area (Å²) in [5.41, 5.74) is 1.40. The van der Waals surface area contributed by atoms with E-state index in [9.17, 15) is 4.79 Å². The van der Waals surface area contributed by atoms with Crippen LogP contribution in [0.3, 0.4) is 0 Å². The monoisotopic (exact) mass is 390 g/mol. The van der Waals surface area contributed by atoms with Gasteiger partial charge in [0.2, 0.25) is 5.13 Å². The minimum Gasteiger partial charge on any atom is -0.360 e. The van der Waals surface area contributed by atoms with Crippen molar-refractivity contribution in [1.82, 2.24) is 15.4 Å². The first-order valence-corrected chi connectivity index (χ1v) is 9.56. The molecule has 0 unspecified atom stereocenters. The summed E-state index contributed by atoms with van der Waals surface area (Å²) in [5, 5.41) is 16.9. The van der Waals surface area contributed by atoms with Crippen LogP contribution in [0.2, 0.25) is 5.02 Å². The number of aryl methyl sites for hydroxylation is 1. The number of carbonyl (C=O) groups excluding carboxylic acids is 1. The maximum atomic E-state index is 12.8. The van der Waals surface area contributed by atoms with Crippen LogP contribution in [-0.4, -0.2) is 21.3 Å². The maximum Gasteiger partial charge on any atom is 0.263 e. The Kier molecular flexibility index (Phi) is 5.68. The van der Waals surface area contributed by atoms with Gasteiger partial charge in [-0.15, -0.1) is 10.2 Å². The van der Waals surface area contributed by atoms with Crippen molar-refractivity contribution in [3.8, 4) is 11.3 Å². The van der Waals surface area contributed by atoms with Gasteiger partial charge in [0.1, 0.15) is 22.0 Å². The van der Waals surface area contributed by atoms with Crippen molar-refractivity contribution in [2.24, 2.45) is 0 Å². The van der Waals surface area contributed by atoms with Gasteiger partial charge in [-0.2, -0.15) is 0 Å². The van der Waals surface area contributed by atoms with Crippen molar-refractivity contribution >= 4 is 34.0 Å². The largest absolute Gasteiger partial charge is 0.360 e. The molecule has 0 spiro atoms. The second-order valence-electron chi connectivity index (χ2n) is 6.03. The third-order valence-corrected chi connectivity index (χ3v) is 5.42. The van der Waals surface area contributed by atoms with Gasteiger partial charge in [0.05, 0.1) is 5.02 Å². The Morgan fingerprint density at radius 3 is 2.85 bits per heavy atom. The van der Waals surface area contributed by atoms with Crippen LogP contribution >= 0.6 is 22.9 Å². The van der Waals surface area contributed by atoms with E-state index in [1.54, 1.807) is 19.1 Å². The quantitative estimate of drug-likeness (QED) is 0.616. The number of benzene rings is 1. The molecule has 0 radical (unpaired) electrons. The number of carbonyl (C=O) groups is 1. The van der Waals surface area contributed by atoms with Gasteiger partial charge >= 0.3 is 0 Å². The van der Waals surface area contributed by atoms with Crippen molar-refractivity contribution in [2.45, 2.75) is 39.5 Å². The summed E-state index contributed by atoms with van der Waals surface area (Å²) in [5.74, 6) is 0.394. The molecule has 0 aliphatic heterocycles. The van der Waals surface area contributed by atoms with Crippen molar-refractivity contribution < 1.29 is 9.32 Å². The van der Waals surface area contributed by atoms with Gasteiger partial charge in [0, 0.05) is 11.5 Å². The number of nitrogens with zero attached hydrogens (tertiary/aromatic N) is 3. The molecule has 3 aromatic rings. The van der Waals surface area contributed by atoms with E-state index in [2.05, 4.69) is 34.5 Å². The normalized spacial score (nSPS) is 12.2. The molecule has 3 rings (SSSR count). The molecule has 0 aliphatic rings. The highest BCUT2D eigenvalue weighted by Gasteiger charge is 2.24. The highest BCUT2D eigenvalue weighted by atomic mass is 35.5. The van der Waals surface area contributed by atoms with E-state index in [0.29, 0.717) is 38.7 Å². The van der Waals surface area contributed by atoms with Crippen molar-refractivity contribution in [3.63, 3.8) is 0 Å². The molecule has 136 valence electrons. The second-order valence-corrected chi connectivity index (χ2v) is 7.45. The smallest absolute Gasteiger partial charge is 0.263 e. The van der Waals surface area contributed by atoms with Crippen LogP contribution in [0.1, 0.15) is 53.7 Å². The molecule has 2 heterocycles. The fourth-order valence-corrected chi connectivity index (χ4v) is 3.73. The molecule has 0 fully saturated rings. The predicted molar refractivity (Wildman–Crippen MR) is 103 cm³/mol. The maximum absolute atomic E-state index is 12.8. The Labute approximate surface area is 160 Å². The summed E-state index contributed by atoms with van der Waals surface area (Å²) in [6.45, 7) is 5.93. The fraction of sp³-hybridized carbons (Fsp3) is 0.333. The number of amides is 1. The first-order valence-electron chi connectivity index (χ1n) is 8.37. The lowest BCUT2D eigenvalue weighted by molar-refractivity contribution is 0.102. The van der Waals surface area contributed by atoms with E-state index in [1.807, 2.05) is 12.1 Å². The molecular weight excluding hydrogens is 372 g/mol. The minimum atomic E-state index is -0.343. The average Bonchev–Trinajstić information content (AvgIpc) is 3.22. The highest BCUT2D eigenvalue weighted by molar-refractivity contribution is 7.15. The lowest BCUT2D eigenvalue weighted by atomic mass is 10.1. The summed E-state index contributed by atoms with van der Waals surface area (Å²) in [4.78, 5) is 12.8. The molecule has 0 saturated heterocycles. The highest BCUT2D eigenvalue weighted by Crippen LogP contribution is 2.32. The number of hydrogen-bond acceptors (Lipinski definition) is 6. The van der Waals surface area contributed by atoms with Crippen LogP contribution in [0.25, 0.3) is 11.3 Å². The van der Waals surface area contributed by atoms with Gasteiger partial charge in [-0.3, -0.25) is 10.1 Å². The Balaban J connectivity index is 1.85. The Morgan fingerprint density at radius 2 is 2.12 bits per heavy atom. The Bertz CT molecular complexity index is 922. The SMILES string of the molecule is CCC[C@@H](C)c1nnc(NC(=O)c2c(-c3ccccc3Cl)noc2C)s1. The molecule has 2 aromatic heterocycles. The summed E-state index contributed by atoms with van der Waals surface area (Å²) < 4.78 is 5.24. The van der Waals surface area contributed by atoms with E-state index in [0.717, 1.165) is 17.8 Å². The van der Waals surface area contributed by atoms with Crippen LogP contribution in [0.4, 0.5) is 5.13 Å². The van der Waals surface area contributed by atoms with Gasteiger partial charge in [0.15, 0.2) is 0 Å². The molecule has 26 heavy (non-hydrogen) atoms. The summed E-state index contributed by atoms with van der Waals surface area (Å²) in [7, 11) is 0. The number of nitrogens with one attached hydrogen (secondary N) is 1. The van der Waals surface area contributed by atoms with Gasteiger partial charge in [-0.1, -0.05) is 66.6 Å². The first-order chi connectivity index (χ1) is 12.5. The van der Waals surface area contributed by atoms with E-state index in [4.69, 9.17) is 16.1 Å². The van der Waals surface area contributed by atoms with Crippen molar-refractivity contribution in [1.29, 1.82) is 0 Å². The Morgan fingerprint density at radius 1 is 1.35 bits per heavy atom. The van der Waals surface area contributed by atoms with E-state index >= 15 is 0 Å². The molecule has 8 heteroatoms. The zero-order chi connectivity index (χ0) is 18.7. The van der Waals surface area contributed by atoms with Crippen LogP contribution in [0, 0.1) is 6.92 Å². The van der Waals surface area contributed by atoms with Crippen molar-refractivity contribution in [3.05, 3.63) is 45.6 Å². The lowest BCUT2D eigenvalue weighted by Gasteiger charge is -2.04. The third kappa shape index (κ3) is 3.78. The van der Waals surface area contributed by atoms with E-state index in [-0.39, 0.29) is 5.91 Å². The molecule has 0 bridgehead atoms. The van der Waals surface area contributed by atoms with Gasteiger partial charge in [-0.25, -0.2) is 0 Å². The molecule has 0 saturated carbocycles. The number of rotatable bonds is 6. The summed E-state index contributed by atoms with van der Waals surface area (Å²) in [6.07, 6.45) is 2.10. The van der Waals surface area contributed by atoms with Crippen LogP contribution in [0.5, 0.6) is 0 Å². The molecule has 1 amide bonds. The van der Waals surface area contributed by atoms with Gasteiger partial charge < -0.3 is 4.52 Å². The number of hydrogen-bond donors (Lipinski definition) is 1. The number of halogens is 1. The summed E-state index contributed by atoms with van der Waals surface area (Å²) in [6, 6.07) is 7.19.